The number of hydrogen-bond donors (Lipinski definition) is 20. The zero-order chi connectivity index (χ0) is 35.8. The Labute approximate surface area is 564 Å². The summed E-state index contributed by atoms with van der Waals surface area (Å²) in [5, 5.41) is 139. The Balaban J connectivity index is -0.00000000408. The van der Waals surface area contributed by atoms with Gasteiger partial charge in [-0.15, -0.1) is 0 Å². The third-order valence-corrected chi connectivity index (χ3v) is 0. The summed E-state index contributed by atoms with van der Waals surface area (Å²) in [6.07, 6.45) is -18.3. The van der Waals surface area contributed by atoms with Crippen LogP contribution in [-0.4, -0.2) is 503 Å². The van der Waals surface area contributed by atoms with Crippen LogP contribution in [-0.2, 0) is 0 Å². The van der Waals surface area contributed by atoms with Gasteiger partial charge in [-0.25, -0.2) is 47.9 Å². The van der Waals surface area contributed by atoms with Gasteiger partial charge < -0.3 is 128 Å². The van der Waals surface area contributed by atoms with Gasteiger partial charge in [-0.05, 0) is 0 Å². The monoisotopic (exact) mass is 998 g/mol. The standard InChI is InChI=1S/10CH2O3.9Ca.18H/c10*2-1(3)4;;;;;;;;;;;;;;;;;;;;;;;;;;;/h10*(H2,2,3,4);;;;;;;;;;;;;;;;;;;;;;;;;;;/q;;;;;;;;;;9*+2;18*-1. The molecule has 0 aliphatic carbocycles. The molecule has 0 fully saturated rings. The minimum atomic E-state index is -1.83. The third-order valence-electron chi connectivity index (χ3n) is 0. The average molecular weight is 999 g/mol. The van der Waals surface area contributed by atoms with E-state index in [4.69, 9.17) is 150 Å². The molecule has 276 valence electrons. The molecule has 0 spiro atoms. The van der Waals surface area contributed by atoms with Crippen molar-refractivity contribution in [1.29, 1.82) is 0 Å². The van der Waals surface area contributed by atoms with E-state index in [-0.39, 0.29) is 365 Å². The molecule has 0 saturated carbocycles. The smallest absolute Gasteiger partial charge is 1.00 e. The normalized spacial score (nSPS) is 4.90. The molecule has 39 heteroatoms. The molecule has 0 aromatic rings. The maximum Gasteiger partial charge on any atom is 2.00 e. The van der Waals surface area contributed by atoms with Crippen LogP contribution >= 0.6 is 0 Å². The van der Waals surface area contributed by atoms with Crippen molar-refractivity contribution in [2.75, 3.05) is 0 Å². The maximum atomic E-state index is 8.56. The fourth-order valence-electron chi connectivity index (χ4n) is 0. The molecule has 0 aromatic carbocycles. The van der Waals surface area contributed by atoms with Gasteiger partial charge in [0.15, 0.2) is 0 Å². The summed E-state index contributed by atoms with van der Waals surface area (Å²) in [7, 11) is 0. The zero-order valence-corrected chi connectivity index (χ0v) is 44.3. The van der Waals surface area contributed by atoms with Gasteiger partial charge in [0.05, 0.1) is 0 Å². The molecule has 20 N–H and O–H groups in total. The van der Waals surface area contributed by atoms with Gasteiger partial charge in [0.1, 0.15) is 0 Å². The first kappa shape index (κ1) is 124. The van der Waals surface area contributed by atoms with Crippen LogP contribution in [0.1, 0.15) is 25.7 Å². The largest absolute Gasteiger partial charge is 2.00 e. The Kier molecular flexibility index (Phi) is 296. The second-order valence-corrected chi connectivity index (χ2v) is 2.83. The van der Waals surface area contributed by atoms with E-state index in [1.165, 1.54) is 0 Å². The molecule has 0 rings (SSSR count). The molecule has 30 nitrogen and oxygen atoms in total. The van der Waals surface area contributed by atoms with E-state index in [1.54, 1.807) is 0 Å². The molecule has 49 heavy (non-hydrogen) atoms. The van der Waals surface area contributed by atoms with Crippen molar-refractivity contribution < 1.29 is 176 Å². The summed E-state index contributed by atoms with van der Waals surface area (Å²) in [5.41, 5.74) is 0. The molecule has 0 atom stereocenters. The van der Waals surface area contributed by atoms with Crippen LogP contribution in [0.4, 0.5) is 47.9 Å². The third kappa shape index (κ3) is 7990. The Bertz CT molecular complexity index is 552. The van der Waals surface area contributed by atoms with Crippen molar-refractivity contribution in [3.05, 3.63) is 0 Å². The van der Waals surface area contributed by atoms with Crippen molar-refractivity contribution in [2.45, 2.75) is 0 Å². The molecule has 0 radical (unpaired) electrons. The quantitative estimate of drug-likeness (QED) is 0.149. The molecule has 0 saturated heterocycles. The van der Waals surface area contributed by atoms with Crippen LogP contribution in [0.5, 0.6) is 0 Å². The van der Waals surface area contributed by atoms with Crippen molar-refractivity contribution in [3.63, 3.8) is 0 Å². The minimum absolute atomic E-state index is 0. The van der Waals surface area contributed by atoms with E-state index in [0.29, 0.717) is 0 Å². The predicted octanol–water partition coefficient (Wildman–Crippen LogP) is 0.822. The van der Waals surface area contributed by atoms with Crippen molar-refractivity contribution in [3.8, 4) is 0 Å². The fraction of sp³-hybridized carbons (Fsp3) is 0. The maximum absolute atomic E-state index is 8.56. The second kappa shape index (κ2) is 117. The predicted molar refractivity (Wildman–Crippen MR) is 178 cm³/mol. The molecular weight excluding hydrogens is 961 g/mol. The zero-order valence-electron chi connectivity index (χ0n) is 42.4. The van der Waals surface area contributed by atoms with Gasteiger partial charge in [0, 0.05) is 0 Å². The molecular formula is C10H38Ca9O30. The summed E-state index contributed by atoms with van der Waals surface area (Å²) in [6, 6.07) is 0. The van der Waals surface area contributed by atoms with Crippen molar-refractivity contribution in [1.82, 2.24) is 0 Å². The Morgan fingerprint density at radius 2 is 0.163 bits per heavy atom. The van der Waals surface area contributed by atoms with Gasteiger partial charge in [-0.1, -0.05) is 0 Å². The van der Waals surface area contributed by atoms with Crippen molar-refractivity contribution >= 4 is 401 Å². The summed E-state index contributed by atoms with van der Waals surface area (Å²) in [6.45, 7) is 0. The molecule has 0 bridgehead atoms. The summed E-state index contributed by atoms with van der Waals surface area (Å²) in [4.78, 5) is 85.6. The number of hydrogen-bond acceptors (Lipinski definition) is 10. The Morgan fingerprint density at radius 1 is 0.163 bits per heavy atom. The van der Waals surface area contributed by atoms with Gasteiger partial charge in [-0.3, -0.25) is 0 Å². The second-order valence-electron chi connectivity index (χ2n) is 2.83. The van der Waals surface area contributed by atoms with E-state index in [9.17, 15) is 0 Å². The number of carbonyl (C=O) groups is 10. The SMILES string of the molecule is O=C(O)O.O=C(O)O.O=C(O)O.O=C(O)O.O=C(O)O.O=C(O)O.O=C(O)O.O=C(O)O.O=C(O)O.O=C(O)O.[Ca+2].[Ca+2].[Ca+2].[Ca+2].[Ca+2].[Ca+2].[Ca+2].[Ca+2].[Ca+2].[H-].[H-].[H-].[H-].[H-].[H-].[H-].[H-].[H-].[H-].[H-].[H-].[H-].[H-].[H-].[H-].[H-].[H-]. The van der Waals surface area contributed by atoms with Crippen LogP contribution in [0, 0.1) is 0 Å². The first-order valence-corrected chi connectivity index (χ1v) is 6.51. The summed E-state index contributed by atoms with van der Waals surface area (Å²) < 4.78 is 0. The van der Waals surface area contributed by atoms with Crippen LogP contribution in [0.2, 0.25) is 0 Å². The summed E-state index contributed by atoms with van der Waals surface area (Å²) in [5.74, 6) is 0. The summed E-state index contributed by atoms with van der Waals surface area (Å²) >= 11 is 0. The topological polar surface area (TPSA) is 575 Å². The van der Waals surface area contributed by atoms with E-state index >= 15 is 0 Å². The first-order chi connectivity index (χ1) is 17.3. The van der Waals surface area contributed by atoms with E-state index < -0.39 is 61.6 Å². The van der Waals surface area contributed by atoms with Gasteiger partial charge in [0.2, 0.25) is 0 Å². The van der Waals surface area contributed by atoms with E-state index in [1.807, 2.05) is 0 Å². The van der Waals surface area contributed by atoms with Crippen LogP contribution in [0.25, 0.3) is 0 Å². The Hall–Kier alpha value is 4.04. The van der Waals surface area contributed by atoms with E-state index in [0.717, 1.165) is 0 Å². The van der Waals surface area contributed by atoms with Gasteiger partial charge in [-0.2, -0.15) is 0 Å². The van der Waals surface area contributed by atoms with Gasteiger partial charge in [0.25, 0.3) is 0 Å². The number of rotatable bonds is 0. The van der Waals surface area contributed by atoms with Crippen molar-refractivity contribution in [2.24, 2.45) is 0 Å². The molecule has 0 heterocycles. The molecule has 0 amide bonds. The Morgan fingerprint density at radius 3 is 0.163 bits per heavy atom. The average Bonchev–Trinajstić information content (AvgIpc) is 2.47. The van der Waals surface area contributed by atoms with Crippen LogP contribution < -0.4 is 0 Å². The molecule has 0 unspecified atom stereocenters. The molecule has 0 aromatic heterocycles. The number of carboxylic acid groups (broad SMARTS) is 20. The van der Waals surface area contributed by atoms with Crippen LogP contribution in [0.15, 0.2) is 0 Å². The van der Waals surface area contributed by atoms with Crippen LogP contribution in [0.3, 0.4) is 0 Å². The van der Waals surface area contributed by atoms with Gasteiger partial charge >= 0.3 is 401 Å². The minimum Gasteiger partial charge on any atom is -1.00 e. The molecule has 0 aliphatic heterocycles. The fourth-order valence-corrected chi connectivity index (χ4v) is 0. The molecule has 0 aliphatic rings. The van der Waals surface area contributed by atoms with E-state index in [2.05, 4.69) is 0 Å². The first-order valence-electron chi connectivity index (χ1n) is 6.51.